The second-order valence-electron chi connectivity index (χ2n) is 5.33. The highest BCUT2D eigenvalue weighted by atomic mass is 35.5. The average Bonchev–Trinajstić information content (AvgIpc) is 2.66. The molecule has 0 aliphatic carbocycles. The summed E-state index contributed by atoms with van der Waals surface area (Å²) >= 11 is 5.97. The molecule has 0 aliphatic rings. The molecule has 0 saturated heterocycles. The summed E-state index contributed by atoms with van der Waals surface area (Å²) in [5.74, 6) is -0.880. The number of benzene rings is 3. The molecule has 4 heteroatoms. The first-order valence-electron chi connectivity index (χ1n) is 7.69. The fraction of sp³-hybridized carbons (Fsp3) is 0. The molecule has 3 rings (SSSR count). The number of halogens is 1. The van der Waals surface area contributed by atoms with Crippen molar-refractivity contribution in [2.75, 3.05) is 0 Å². The fourth-order valence-electron chi connectivity index (χ4n) is 2.33. The van der Waals surface area contributed by atoms with E-state index in [0.717, 1.165) is 0 Å². The lowest BCUT2D eigenvalue weighted by molar-refractivity contribution is 0.102. The number of carbonyl (C=O) groups excluding carboxylic acids is 2. The highest BCUT2D eigenvalue weighted by Crippen LogP contribution is 2.17. The van der Waals surface area contributed by atoms with Gasteiger partial charge in [-0.15, -0.1) is 0 Å². The van der Waals surface area contributed by atoms with Crippen molar-refractivity contribution in [3.05, 3.63) is 101 Å². The number of nitrogens with zero attached hydrogens (tertiary/aromatic N) is 1. The molecule has 3 aromatic carbocycles. The van der Waals surface area contributed by atoms with E-state index in [1.54, 1.807) is 66.7 Å². The summed E-state index contributed by atoms with van der Waals surface area (Å²) in [6, 6.07) is 24.0. The van der Waals surface area contributed by atoms with Crippen LogP contribution in [0.2, 0.25) is 5.02 Å². The van der Waals surface area contributed by atoms with E-state index >= 15 is 0 Å². The van der Waals surface area contributed by atoms with Gasteiger partial charge in [-0.05, 0) is 24.3 Å². The van der Waals surface area contributed by atoms with Gasteiger partial charge in [-0.25, -0.2) is 4.99 Å². The Labute approximate surface area is 150 Å². The minimum atomic E-state index is -0.458. The zero-order chi connectivity index (χ0) is 17.6. The summed E-state index contributed by atoms with van der Waals surface area (Å²) in [6.45, 7) is 0. The zero-order valence-electron chi connectivity index (χ0n) is 13.2. The van der Waals surface area contributed by atoms with Crippen LogP contribution in [0.4, 0.5) is 5.69 Å². The number of rotatable bonds is 5. The summed E-state index contributed by atoms with van der Waals surface area (Å²) in [7, 11) is 0. The van der Waals surface area contributed by atoms with Crippen molar-refractivity contribution in [2.45, 2.75) is 0 Å². The lowest BCUT2D eigenvalue weighted by Crippen LogP contribution is -2.24. The van der Waals surface area contributed by atoms with E-state index in [0.29, 0.717) is 21.8 Å². The van der Waals surface area contributed by atoms with E-state index in [2.05, 4.69) is 4.99 Å². The average molecular weight is 348 g/mol. The first kappa shape index (κ1) is 16.8. The van der Waals surface area contributed by atoms with E-state index in [1.807, 2.05) is 12.1 Å². The van der Waals surface area contributed by atoms with Gasteiger partial charge in [-0.1, -0.05) is 72.3 Å². The van der Waals surface area contributed by atoms with Crippen LogP contribution in [0.5, 0.6) is 0 Å². The standard InChI is InChI=1S/C21H14ClNO2/c22-17-11-7-10-16(14-17)21(25)19(23-18-12-5-2-6-13-18)20(24)15-8-3-1-4-9-15/h1-14H. The number of hydrogen-bond donors (Lipinski definition) is 0. The Balaban J connectivity index is 2.08. The fourth-order valence-corrected chi connectivity index (χ4v) is 2.52. The molecule has 0 amide bonds. The van der Waals surface area contributed by atoms with E-state index in [9.17, 15) is 9.59 Å². The number of aliphatic imine (C=N–C) groups is 1. The van der Waals surface area contributed by atoms with Gasteiger partial charge in [0, 0.05) is 16.1 Å². The van der Waals surface area contributed by atoms with Crippen LogP contribution in [0, 0.1) is 0 Å². The lowest BCUT2D eigenvalue weighted by atomic mass is 9.99. The number of carbonyl (C=O) groups is 2. The quantitative estimate of drug-likeness (QED) is 0.363. The van der Waals surface area contributed by atoms with Crippen molar-refractivity contribution in [1.29, 1.82) is 0 Å². The van der Waals surface area contributed by atoms with Crippen LogP contribution in [0.25, 0.3) is 0 Å². The second kappa shape index (κ2) is 7.69. The Morgan fingerprint density at radius 3 is 1.88 bits per heavy atom. The van der Waals surface area contributed by atoms with Gasteiger partial charge in [0.2, 0.25) is 11.6 Å². The van der Waals surface area contributed by atoms with Crippen LogP contribution in [0.3, 0.4) is 0 Å². The molecule has 0 saturated carbocycles. The first-order valence-corrected chi connectivity index (χ1v) is 8.07. The van der Waals surface area contributed by atoms with Crippen molar-refractivity contribution in [3.63, 3.8) is 0 Å². The van der Waals surface area contributed by atoms with Gasteiger partial charge in [0.15, 0.2) is 5.71 Å². The maximum Gasteiger partial charge on any atom is 0.215 e. The molecule has 0 heterocycles. The molecule has 0 aromatic heterocycles. The van der Waals surface area contributed by atoms with Crippen molar-refractivity contribution < 1.29 is 9.59 Å². The van der Waals surface area contributed by atoms with Crippen LogP contribution < -0.4 is 0 Å². The Hall–Kier alpha value is -3.04. The summed E-state index contributed by atoms with van der Waals surface area (Å²) in [5.41, 5.74) is 1.14. The monoisotopic (exact) mass is 347 g/mol. The summed E-state index contributed by atoms with van der Waals surface area (Å²) in [4.78, 5) is 30.1. The SMILES string of the molecule is O=C(C(=Nc1ccccc1)C(=O)c1cccc(Cl)c1)c1ccccc1. The van der Waals surface area contributed by atoms with Crippen LogP contribution in [0.1, 0.15) is 20.7 Å². The van der Waals surface area contributed by atoms with Gasteiger partial charge in [0.25, 0.3) is 0 Å². The molecule has 3 aromatic rings. The normalized spacial score (nSPS) is 11.2. The van der Waals surface area contributed by atoms with Gasteiger partial charge in [-0.2, -0.15) is 0 Å². The van der Waals surface area contributed by atoms with Gasteiger partial charge >= 0.3 is 0 Å². The summed E-state index contributed by atoms with van der Waals surface area (Å²) in [5, 5.41) is 0.428. The van der Waals surface area contributed by atoms with Crippen LogP contribution in [0.15, 0.2) is 89.9 Å². The molecule has 0 atom stereocenters. The molecule has 0 unspecified atom stereocenters. The molecule has 0 fully saturated rings. The van der Waals surface area contributed by atoms with Gasteiger partial charge in [0.1, 0.15) is 0 Å². The predicted octanol–water partition coefficient (Wildman–Crippen LogP) is 5.18. The smallest absolute Gasteiger partial charge is 0.215 e. The Bertz CT molecular complexity index is 934. The van der Waals surface area contributed by atoms with Gasteiger partial charge in [-0.3, -0.25) is 9.59 Å². The maximum absolute atomic E-state index is 12.9. The molecule has 3 nitrogen and oxygen atoms in total. The van der Waals surface area contributed by atoms with Crippen molar-refractivity contribution in [1.82, 2.24) is 0 Å². The maximum atomic E-state index is 12.9. The van der Waals surface area contributed by atoms with Crippen molar-refractivity contribution in [3.8, 4) is 0 Å². The zero-order valence-corrected chi connectivity index (χ0v) is 14.0. The molecule has 0 N–H and O–H groups in total. The Morgan fingerprint density at radius 1 is 0.680 bits per heavy atom. The van der Waals surface area contributed by atoms with Gasteiger partial charge < -0.3 is 0 Å². The topological polar surface area (TPSA) is 46.5 Å². The van der Waals surface area contributed by atoms with E-state index in [4.69, 9.17) is 11.6 Å². The third kappa shape index (κ3) is 4.08. The van der Waals surface area contributed by atoms with Crippen molar-refractivity contribution in [2.24, 2.45) is 4.99 Å². The number of Topliss-reactive ketones (excluding diaryl/α,β-unsaturated/α-hetero) is 2. The summed E-state index contributed by atoms with van der Waals surface area (Å²) < 4.78 is 0. The minimum absolute atomic E-state index is 0.139. The molecule has 0 radical (unpaired) electrons. The highest BCUT2D eigenvalue weighted by molar-refractivity contribution is 6.72. The third-order valence-electron chi connectivity index (χ3n) is 3.55. The largest absolute Gasteiger partial charge is 0.287 e. The molecular weight excluding hydrogens is 334 g/mol. The number of hydrogen-bond acceptors (Lipinski definition) is 3. The molecule has 0 aliphatic heterocycles. The highest BCUT2D eigenvalue weighted by Gasteiger charge is 2.23. The molecule has 0 spiro atoms. The minimum Gasteiger partial charge on any atom is -0.287 e. The Morgan fingerprint density at radius 2 is 1.24 bits per heavy atom. The van der Waals surface area contributed by atoms with Crippen LogP contribution >= 0.6 is 11.6 Å². The van der Waals surface area contributed by atoms with Crippen molar-refractivity contribution >= 4 is 34.6 Å². The lowest BCUT2D eigenvalue weighted by Gasteiger charge is -2.06. The van der Waals surface area contributed by atoms with Crippen LogP contribution in [-0.4, -0.2) is 17.3 Å². The van der Waals surface area contributed by atoms with E-state index < -0.39 is 11.6 Å². The van der Waals surface area contributed by atoms with Crippen LogP contribution in [-0.2, 0) is 0 Å². The molecule has 0 bridgehead atoms. The summed E-state index contributed by atoms with van der Waals surface area (Å²) in [6.07, 6.45) is 0. The second-order valence-corrected chi connectivity index (χ2v) is 5.77. The van der Waals surface area contributed by atoms with E-state index in [1.165, 1.54) is 6.07 Å². The van der Waals surface area contributed by atoms with Gasteiger partial charge in [0.05, 0.1) is 5.69 Å². The Kier molecular flexibility index (Phi) is 5.17. The predicted molar refractivity (Wildman–Crippen MR) is 100 cm³/mol. The number of para-hydroxylation sites is 1. The van der Waals surface area contributed by atoms with E-state index in [-0.39, 0.29) is 5.71 Å². The first-order chi connectivity index (χ1) is 12.1. The third-order valence-corrected chi connectivity index (χ3v) is 3.79. The molecule has 122 valence electrons. The number of ketones is 2. The molecular formula is C21H14ClNO2. The molecule has 25 heavy (non-hydrogen) atoms.